The van der Waals surface area contributed by atoms with Crippen molar-refractivity contribution < 1.29 is 14.0 Å². The molecule has 37 heavy (non-hydrogen) atoms. The maximum absolute atomic E-state index is 12.6. The third-order valence-corrected chi connectivity index (χ3v) is 6.95. The van der Waals surface area contributed by atoms with Gasteiger partial charge in [-0.3, -0.25) is 14.9 Å². The zero-order chi connectivity index (χ0) is 26.5. The normalized spacial score (nSPS) is 13.4. The number of nitrogens with zero attached hydrogens (tertiary/aromatic N) is 2. The number of carbonyl (C=O) groups is 2. The number of amides is 2. The van der Waals surface area contributed by atoms with Crippen LogP contribution >= 0.6 is 47.0 Å². The summed E-state index contributed by atoms with van der Waals surface area (Å²) in [6.07, 6.45) is 1.43. The molecule has 2 heterocycles. The first-order valence-corrected chi connectivity index (χ1v) is 13.3. The van der Waals surface area contributed by atoms with Crippen LogP contribution in [0.25, 0.3) is 11.3 Å². The highest BCUT2D eigenvalue weighted by atomic mass is 35.5. The molecule has 0 unspecified atom stereocenters. The molecule has 1 aliphatic heterocycles. The van der Waals surface area contributed by atoms with E-state index in [-0.39, 0.29) is 16.8 Å². The smallest absolute Gasteiger partial charge is 0.293 e. The second kappa shape index (κ2) is 12.2. The largest absolute Gasteiger partial charge is 0.451 e. The van der Waals surface area contributed by atoms with Crippen LogP contribution in [-0.4, -0.2) is 48.0 Å². The van der Waals surface area contributed by atoms with Gasteiger partial charge in [-0.1, -0.05) is 41.7 Å². The van der Waals surface area contributed by atoms with Crippen molar-refractivity contribution in [2.75, 3.05) is 36.4 Å². The first kappa shape index (κ1) is 27.3. The second-order valence-electron chi connectivity index (χ2n) is 8.48. The second-order valence-corrected chi connectivity index (χ2v) is 10.1. The molecule has 7 nitrogen and oxygen atoms in total. The third-order valence-electron chi connectivity index (χ3n) is 5.90. The Kier molecular flexibility index (Phi) is 8.97. The Labute approximate surface area is 235 Å². The van der Waals surface area contributed by atoms with E-state index in [4.69, 9.17) is 51.4 Å². The van der Waals surface area contributed by atoms with Gasteiger partial charge in [-0.25, -0.2) is 0 Å². The lowest BCUT2D eigenvalue weighted by Crippen LogP contribution is -2.48. The summed E-state index contributed by atoms with van der Waals surface area (Å²) < 4.78 is 5.66. The molecule has 0 atom stereocenters. The summed E-state index contributed by atoms with van der Waals surface area (Å²) in [6, 6.07) is 13.7. The number of hydrogen-bond acceptors (Lipinski definition) is 5. The van der Waals surface area contributed by atoms with Crippen molar-refractivity contribution in [3.05, 3.63) is 69.4 Å². The minimum atomic E-state index is -0.507. The van der Waals surface area contributed by atoms with E-state index in [1.807, 2.05) is 24.0 Å². The van der Waals surface area contributed by atoms with Gasteiger partial charge in [0.25, 0.3) is 5.91 Å². The van der Waals surface area contributed by atoms with Crippen LogP contribution in [0.15, 0.2) is 52.9 Å². The van der Waals surface area contributed by atoms with E-state index in [1.165, 1.54) is 0 Å². The van der Waals surface area contributed by atoms with E-state index >= 15 is 0 Å². The first-order chi connectivity index (χ1) is 17.7. The van der Waals surface area contributed by atoms with Crippen LogP contribution in [0.2, 0.25) is 15.1 Å². The first-order valence-electron chi connectivity index (χ1n) is 11.7. The highest BCUT2D eigenvalue weighted by Gasteiger charge is 2.22. The Morgan fingerprint density at radius 3 is 2.41 bits per heavy atom. The van der Waals surface area contributed by atoms with Gasteiger partial charge in [0.05, 0.1) is 15.7 Å². The van der Waals surface area contributed by atoms with E-state index in [2.05, 4.69) is 15.5 Å². The molecule has 1 fully saturated rings. The van der Waals surface area contributed by atoms with Crippen molar-refractivity contribution in [3.8, 4) is 11.3 Å². The molecule has 0 saturated carbocycles. The van der Waals surface area contributed by atoms with Gasteiger partial charge in [0.2, 0.25) is 5.91 Å². The minimum Gasteiger partial charge on any atom is -0.451 e. The molecule has 1 aliphatic rings. The zero-order valence-corrected chi connectivity index (χ0v) is 23.1. The topological polar surface area (TPSA) is 77.8 Å². The van der Waals surface area contributed by atoms with E-state index in [0.717, 1.165) is 12.1 Å². The molecular weight excluding hydrogens is 555 g/mol. The number of hydrogen-bond donors (Lipinski definition) is 2. The Morgan fingerprint density at radius 1 is 0.973 bits per heavy atom. The standard InChI is InChI=1S/C26H25Cl3N4O3S/c1-2-3-24(34)33-12-10-32(11-13-33)21-7-5-17(15-20(21)29)30-26(37)31-25(35)23-9-8-22(36-23)18-6-4-16(27)14-19(18)28/h4-9,14-15H,2-3,10-13H2,1H3,(H2,30,31,35,37). The SMILES string of the molecule is CCCC(=O)N1CCN(c2ccc(NC(=S)NC(=O)c3ccc(-c4ccc(Cl)cc4Cl)o3)cc2Cl)CC1. The molecule has 1 saturated heterocycles. The fraction of sp³-hybridized carbons (Fsp3) is 0.269. The summed E-state index contributed by atoms with van der Waals surface area (Å²) in [5.74, 6) is 0.202. The Morgan fingerprint density at radius 2 is 1.73 bits per heavy atom. The molecule has 2 amide bonds. The highest BCUT2D eigenvalue weighted by molar-refractivity contribution is 7.80. The monoisotopic (exact) mass is 578 g/mol. The van der Waals surface area contributed by atoms with Gasteiger partial charge in [-0.15, -0.1) is 0 Å². The number of carbonyl (C=O) groups excluding carboxylic acids is 2. The molecule has 3 aromatic rings. The van der Waals surface area contributed by atoms with Crippen molar-refractivity contribution in [1.29, 1.82) is 0 Å². The lowest BCUT2D eigenvalue weighted by molar-refractivity contribution is -0.131. The van der Waals surface area contributed by atoms with E-state index < -0.39 is 5.91 Å². The van der Waals surface area contributed by atoms with Crippen LogP contribution < -0.4 is 15.5 Å². The number of piperazine rings is 1. The Hall–Kier alpha value is -2.78. The molecule has 2 N–H and O–H groups in total. The average molecular weight is 580 g/mol. The fourth-order valence-corrected chi connectivity index (χ4v) is 5.04. The van der Waals surface area contributed by atoms with E-state index in [1.54, 1.807) is 36.4 Å². The number of nitrogens with one attached hydrogen (secondary N) is 2. The Balaban J connectivity index is 1.33. The molecule has 2 aromatic carbocycles. The van der Waals surface area contributed by atoms with Gasteiger partial charge in [-0.05, 0) is 67.2 Å². The van der Waals surface area contributed by atoms with E-state index in [0.29, 0.717) is 64.7 Å². The van der Waals surface area contributed by atoms with Crippen LogP contribution in [0.4, 0.5) is 11.4 Å². The molecule has 0 spiro atoms. The lowest BCUT2D eigenvalue weighted by atomic mass is 10.2. The molecular formula is C26H25Cl3N4O3S. The molecule has 0 aliphatic carbocycles. The van der Waals surface area contributed by atoms with Crippen molar-refractivity contribution in [2.45, 2.75) is 19.8 Å². The molecule has 0 bridgehead atoms. The summed E-state index contributed by atoms with van der Waals surface area (Å²) in [7, 11) is 0. The minimum absolute atomic E-state index is 0.0788. The molecule has 1 aromatic heterocycles. The van der Waals surface area contributed by atoms with Gasteiger partial charge < -0.3 is 19.5 Å². The summed E-state index contributed by atoms with van der Waals surface area (Å²) in [6.45, 7) is 4.77. The molecule has 0 radical (unpaired) electrons. The number of benzene rings is 2. The molecule has 194 valence electrons. The van der Waals surface area contributed by atoms with Gasteiger partial charge in [0.15, 0.2) is 10.9 Å². The van der Waals surface area contributed by atoms with Crippen molar-refractivity contribution in [1.82, 2.24) is 10.2 Å². The van der Waals surface area contributed by atoms with Crippen LogP contribution in [-0.2, 0) is 4.79 Å². The van der Waals surface area contributed by atoms with Crippen molar-refractivity contribution >= 4 is 75.3 Å². The highest BCUT2D eigenvalue weighted by Crippen LogP contribution is 2.32. The number of furan rings is 1. The summed E-state index contributed by atoms with van der Waals surface area (Å²) >= 11 is 24.0. The number of anilines is 2. The summed E-state index contributed by atoms with van der Waals surface area (Å²) in [5.41, 5.74) is 2.13. The van der Waals surface area contributed by atoms with Crippen LogP contribution in [0.1, 0.15) is 30.3 Å². The Bertz CT molecular complexity index is 1320. The lowest BCUT2D eigenvalue weighted by Gasteiger charge is -2.36. The van der Waals surface area contributed by atoms with E-state index in [9.17, 15) is 9.59 Å². The van der Waals surface area contributed by atoms with Crippen molar-refractivity contribution in [3.63, 3.8) is 0 Å². The third kappa shape index (κ3) is 6.76. The quantitative estimate of drug-likeness (QED) is 0.326. The number of halogens is 3. The van der Waals surface area contributed by atoms with Gasteiger partial charge in [0, 0.05) is 48.9 Å². The zero-order valence-electron chi connectivity index (χ0n) is 20.0. The predicted octanol–water partition coefficient (Wildman–Crippen LogP) is 6.48. The predicted molar refractivity (Wildman–Crippen MR) is 153 cm³/mol. The van der Waals surface area contributed by atoms with Crippen molar-refractivity contribution in [2.24, 2.45) is 0 Å². The van der Waals surface area contributed by atoms with Crippen LogP contribution in [0.3, 0.4) is 0 Å². The fourth-order valence-electron chi connectivity index (χ4n) is 4.03. The molecule has 4 rings (SSSR count). The summed E-state index contributed by atoms with van der Waals surface area (Å²) in [4.78, 5) is 28.8. The van der Waals surface area contributed by atoms with Crippen LogP contribution in [0.5, 0.6) is 0 Å². The average Bonchev–Trinajstić information content (AvgIpc) is 3.34. The van der Waals surface area contributed by atoms with Crippen LogP contribution in [0, 0.1) is 0 Å². The maximum atomic E-state index is 12.6. The maximum Gasteiger partial charge on any atom is 0.293 e. The molecule has 11 heteroatoms. The summed E-state index contributed by atoms with van der Waals surface area (Å²) in [5, 5.41) is 7.13. The number of thiocarbonyl (C=S) groups is 1. The van der Waals surface area contributed by atoms with Gasteiger partial charge in [0.1, 0.15) is 5.76 Å². The van der Waals surface area contributed by atoms with Gasteiger partial charge in [-0.2, -0.15) is 0 Å². The van der Waals surface area contributed by atoms with Gasteiger partial charge >= 0.3 is 0 Å². The number of rotatable bonds is 6.